The van der Waals surface area contributed by atoms with Crippen molar-refractivity contribution in [3.05, 3.63) is 90.0 Å². The van der Waals surface area contributed by atoms with E-state index in [0.29, 0.717) is 6.42 Å². The van der Waals surface area contributed by atoms with Crippen molar-refractivity contribution < 1.29 is 4.79 Å². The van der Waals surface area contributed by atoms with Crippen molar-refractivity contribution >= 4 is 23.0 Å². The van der Waals surface area contributed by atoms with Crippen molar-refractivity contribution in [2.75, 3.05) is 10.0 Å². The molecule has 24 heavy (non-hydrogen) atoms. The number of amides is 1. The van der Waals surface area contributed by atoms with Crippen molar-refractivity contribution in [1.82, 2.24) is 0 Å². The highest BCUT2D eigenvalue weighted by molar-refractivity contribution is 6.05. The van der Waals surface area contributed by atoms with Crippen LogP contribution in [0.2, 0.25) is 0 Å². The minimum atomic E-state index is 0.0864. The van der Waals surface area contributed by atoms with Crippen LogP contribution in [-0.4, -0.2) is 5.91 Å². The molecule has 1 heterocycles. The zero-order chi connectivity index (χ0) is 16.5. The minimum absolute atomic E-state index is 0.0864. The number of anilines is 3. The van der Waals surface area contributed by atoms with Gasteiger partial charge in [0.15, 0.2) is 0 Å². The molecule has 0 atom stereocenters. The quantitative estimate of drug-likeness (QED) is 0.703. The maximum Gasteiger partial charge on any atom is 0.250 e. The second kappa shape index (κ2) is 5.85. The van der Waals surface area contributed by atoms with Gasteiger partial charge in [-0.15, -0.1) is 0 Å². The average Bonchev–Trinajstić information content (AvgIpc) is 2.93. The third-order valence-corrected chi connectivity index (χ3v) is 4.25. The van der Waals surface area contributed by atoms with E-state index < -0.39 is 0 Å². The number of aryl methyl sites for hydroxylation is 1. The molecule has 1 amide bonds. The smallest absolute Gasteiger partial charge is 0.250 e. The molecule has 0 N–H and O–H groups in total. The summed E-state index contributed by atoms with van der Waals surface area (Å²) in [6, 6.07) is 26.2. The summed E-state index contributed by atoms with van der Waals surface area (Å²) in [7, 11) is 0. The summed E-state index contributed by atoms with van der Waals surface area (Å²) in [5, 5.41) is 3.79. The molecule has 0 saturated heterocycles. The molecule has 3 nitrogen and oxygen atoms in total. The van der Waals surface area contributed by atoms with Crippen molar-refractivity contribution in [2.24, 2.45) is 0 Å². The number of carbonyl (C=O) groups excluding carboxylic acids is 1. The van der Waals surface area contributed by atoms with Gasteiger partial charge in [-0.1, -0.05) is 48.5 Å². The lowest BCUT2D eigenvalue weighted by atomic mass is 10.1. The van der Waals surface area contributed by atoms with E-state index in [1.807, 2.05) is 65.7 Å². The molecule has 0 radical (unpaired) electrons. The highest BCUT2D eigenvalue weighted by Gasteiger charge is 2.33. The predicted molar refractivity (Wildman–Crippen MR) is 97.4 cm³/mol. The van der Waals surface area contributed by atoms with E-state index in [1.165, 1.54) is 0 Å². The Hall–Kier alpha value is -3.07. The Balaban J connectivity index is 1.89. The SMILES string of the molecule is Cc1ccc2c(c1)N(N(c1ccccc1)c1ccccc1)C(=O)C2. The summed E-state index contributed by atoms with van der Waals surface area (Å²) < 4.78 is 0. The Morgan fingerprint density at radius 2 is 1.42 bits per heavy atom. The van der Waals surface area contributed by atoms with Crippen LogP contribution in [0, 0.1) is 6.92 Å². The van der Waals surface area contributed by atoms with E-state index in [2.05, 4.69) is 25.1 Å². The van der Waals surface area contributed by atoms with Gasteiger partial charge in [0.1, 0.15) is 0 Å². The Bertz CT molecular complexity index is 835. The second-order valence-electron chi connectivity index (χ2n) is 6.00. The van der Waals surface area contributed by atoms with Crippen LogP contribution in [0.1, 0.15) is 11.1 Å². The number of fused-ring (bicyclic) bond motifs is 1. The topological polar surface area (TPSA) is 23.6 Å². The minimum Gasteiger partial charge on any atom is -0.272 e. The highest BCUT2D eigenvalue weighted by Crippen LogP contribution is 2.37. The summed E-state index contributed by atoms with van der Waals surface area (Å²) >= 11 is 0. The number of para-hydroxylation sites is 2. The van der Waals surface area contributed by atoms with Gasteiger partial charge in [0.05, 0.1) is 23.5 Å². The number of carbonyl (C=O) groups is 1. The molecule has 1 aliphatic rings. The van der Waals surface area contributed by atoms with E-state index in [4.69, 9.17) is 0 Å². The molecule has 3 aromatic carbocycles. The molecule has 1 aliphatic heterocycles. The number of hydrazine groups is 1. The zero-order valence-corrected chi connectivity index (χ0v) is 13.5. The molecule has 0 bridgehead atoms. The highest BCUT2D eigenvalue weighted by atomic mass is 16.2. The lowest BCUT2D eigenvalue weighted by Gasteiger charge is -2.34. The van der Waals surface area contributed by atoms with Gasteiger partial charge in [-0.2, -0.15) is 0 Å². The fraction of sp³-hybridized carbons (Fsp3) is 0.0952. The molecular formula is C21H18N2O. The van der Waals surface area contributed by atoms with Gasteiger partial charge >= 0.3 is 0 Å². The van der Waals surface area contributed by atoms with Crippen LogP contribution in [-0.2, 0) is 11.2 Å². The molecule has 3 heteroatoms. The van der Waals surface area contributed by atoms with Gasteiger partial charge in [-0.25, -0.2) is 10.0 Å². The van der Waals surface area contributed by atoms with E-state index in [-0.39, 0.29) is 5.91 Å². The molecule has 0 unspecified atom stereocenters. The summed E-state index contributed by atoms with van der Waals surface area (Å²) in [6.07, 6.45) is 0.436. The fourth-order valence-electron chi connectivity index (χ4n) is 3.13. The predicted octanol–water partition coefficient (Wildman–Crippen LogP) is 4.64. The monoisotopic (exact) mass is 314 g/mol. The van der Waals surface area contributed by atoms with Crippen molar-refractivity contribution in [1.29, 1.82) is 0 Å². The Kier molecular flexibility index (Phi) is 3.54. The van der Waals surface area contributed by atoms with Crippen LogP contribution < -0.4 is 10.0 Å². The molecule has 3 aromatic rings. The Morgan fingerprint density at radius 3 is 2.00 bits per heavy atom. The molecule has 0 spiro atoms. The molecule has 0 saturated carbocycles. The number of nitrogens with zero attached hydrogens (tertiary/aromatic N) is 2. The Morgan fingerprint density at radius 1 is 0.833 bits per heavy atom. The standard InChI is InChI=1S/C21H18N2O/c1-16-12-13-17-15-21(24)23(20(17)14-16)22(18-8-4-2-5-9-18)19-10-6-3-7-11-19/h2-14H,15H2,1H3. The lowest BCUT2D eigenvalue weighted by molar-refractivity contribution is -0.117. The molecule has 4 rings (SSSR count). The van der Waals surface area contributed by atoms with E-state index in [0.717, 1.165) is 28.2 Å². The van der Waals surface area contributed by atoms with Gasteiger partial charge < -0.3 is 0 Å². The first-order chi connectivity index (χ1) is 11.7. The number of rotatable bonds is 3. The van der Waals surface area contributed by atoms with Gasteiger partial charge in [-0.05, 0) is 48.4 Å². The first-order valence-electron chi connectivity index (χ1n) is 8.07. The third-order valence-electron chi connectivity index (χ3n) is 4.25. The molecule has 0 aromatic heterocycles. The van der Waals surface area contributed by atoms with Crippen molar-refractivity contribution in [3.63, 3.8) is 0 Å². The van der Waals surface area contributed by atoms with Crippen LogP contribution in [0.4, 0.5) is 17.1 Å². The Labute approximate surface area is 141 Å². The molecule has 0 fully saturated rings. The molecular weight excluding hydrogens is 296 g/mol. The fourth-order valence-corrected chi connectivity index (χ4v) is 3.13. The number of hydrogen-bond donors (Lipinski definition) is 0. The zero-order valence-electron chi connectivity index (χ0n) is 13.5. The van der Waals surface area contributed by atoms with Crippen molar-refractivity contribution in [3.8, 4) is 0 Å². The van der Waals surface area contributed by atoms with E-state index in [1.54, 1.807) is 5.01 Å². The first-order valence-corrected chi connectivity index (χ1v) is 8.07. The summed E-state index contributed by atoms with van der Waals surface area (Å²) in [6.45, 7) is 2.05. The van der Waals surface area contributed by atoms with Gasteiger partial charge in [0.25, 0.3) is 5.91 Å². The maximum atomic E-state index is 12.8. The molecule has 118 valence electrons. The van der Waals surface area contributed by atoms with Crippen LogP contribution in [0.25, 0.3) is 0 Å². The van der Waals surface area contributed by atoms with Gasteiger partial charge in [0.2, 0.25) is 0 Å². The number of hydrogen-bond acceptors (Lipinski definition) is 2. The van der Waals surface area contributed by atoms with Crippen LogP contribution in [0.15, 0.2) is 78.9 Å². The largest absolute Gasteiger partial charge is 0.272 e. The third kappa shape index (κ3) is 2.44. The second-order valence-corrected chi connectivity index (χ2v) is 6.00. The average molecular weight is 314 g/mol. The van der Waals surface area contributed by atoms with Gasteiger partial charge in [-0.3, -0.25) is 4.79 Å². The van der Waals surface area contributed by atoms with Crippen molar-refractivity contribution in [2.45, 2.75) is 13.3 Å². The van der Waals surface area contributed by atoms with E-state index >= 15 is 0 Å². The lowest BCUT2D eigenvalue weighted by Crippen LogP contribution is -2.42. The number of benzene rings is 3. The van der Waals surface area contributed by atoms with E-state index in [9.17, 15) is 4.79 Å². The molecule has 0 aliphatic carbocycles. The first kappa shape index (κ1) is 14.5. The van der Waals surface area contributed by atoms with Crippen LogP contribution >= 0.6 is 0 Å². The van der Waals surface area contributed by atoms with Crippen LogP contribution in [0.5, 0.6) is 0 Å². The summed E-state index contributed by atoms with van der Waals surface area (Å²) in [4.78, 5) is 12.8. The summed E-state index contributed by atoms with van der Waals surface area (Å²) in [5.74, 6) is 0.0864. The van der Waals surface area contributed by atoms with Gasteiger partial charge in [0, 0.05) is 0 Å². The van der Waals surface area contributed by atoms with Crippen LogP contribution in [0.3, 0.4) is 0 Å². The normalized spacial score (nSPS) is 13.0. The maximum absolute atomic E-state index is 12.8. The summed E-state index contributed by atoms with van der Waals surface area (Å²) in [5.41, 5.74) is 5.11.